The summed E-state index contributed by atoms with van der Waals surface area (Å²) in [7, 11) is 0. The van der Waals surface area contributed by atoms with Crippen LogP contribution in [0.4, 0.5) is 0 Å². The Hall–Kier alpha value is -0.680. The quantitative estimate of drug-likeness (QED) is 0.821. The zero-order valence-electron chi connectivity index (χ0n) is 12.6. The van der Waals surface area contributed by atoms with E-state index in [1.807, 2.05) is 22.7 Å². The maximum Gasteiger partial charge on any atom is 0.0764 e. The van der Waals surface area contributed by atoms with E-state index in [-0.39, 0.29) is 0 Å². The minimum absolute atomic E-state index is 0.367. The van der Waals surface area contributed by atoms with E-state index in [0.717, 1.165) is 6.54 Å². The highest BCUT2D eigenvalue weighted by Crippen LogP contribution is 2.29. The highest BCUT2D eigenvalue weighted by molar-refractivity contribution is 7.11. The lowest BCUT2D eigenvalue weighted by molar-refractivity contribution is 0.280. The van der Waals surface area contributed by atoms with E-state index in [0.29, 0.717) is 12.0 Å². The fourth-order valence-electron chi connectivity index (χ4n) is 3.04. The Morgan fingerprint density at radius 2 is 1.71 bits per heavy atom. The van der Waals surface area contributed by atoms with Crippen LogP contribution in [0.15, 0.2) is 35.0 Å². The van der Waals surface area contributed by atoms with E-state index in [4.69, 9.17) is 0 Å². The molecule has 3 heterocycles. The molecule has 1 saturated heterocycles. The molecule has 0 aromatic carbocycles. The first-order valence-electron chi connectivity index (χ1n) is 7.85. The van der Waals surface area contributed by atoms with E-state index < -0.39 is 0 Å². The van der Waals surface area contributed by atoms with Crippen LogP contribution in [-0.2, 0) is 0 Å². The predicted molar refractivity (Wildman–Crippen MR) is 93.3 cm³/mol. The molecule has 1 aliphatic heterocycles. The van der Waals surface area contributed by atoms with E-state index in [2.05, 4.69) is 52.2 Å². The van der Waals surface area contributed by atoms with E-state index in [1.165, 1.54) is 42.2 Å². The van der Waals surface area contributed by atoms with Gasteiger partial charge in [-0.05, 0) is 61.3 Å². The second-order valence-corrected chi connectivity index (χ2v) is 7.94. The molecule has 1 N–H and O–H groups in total. The van der Waals surface area contributed by atoms with Gasteiger partial charge in [-0.3, -0.25) is 0 Å². The number of thiophene rings is 2. The Morgan fingerprint density at radius 1 is 1.10 bits per heavy atom. The first-order chi connectivity index (χ1) is 10.3. The van der Waals surface area contributed by atoms with Gasteiger partial charge in [-0.15, -0.1) is 22.7 Å². The fraction of sp³-hybridized carbons (Fsp3) is 0.529. The van der Waals surface area contributed by atoms with Gasteiger partial charge in [0.25, 0.3) is 0 Å². The van der Waals surface area contributed by atoms with Gasteiger partial charge in [0.2, 0.25) is 0 Å². The number of rotatable bonds is 7. The molecule has 2 nitrogen and oxygen atoms in total. The van der Waals surface area contributed by atoms with Gasteiger partial charge >= 0.3 is 0 Å². The van der Waals surface area contributed by atoms with Gasteiger partial charge in [0.15, 0.2) is 0 Å². The first-order valence-corrected chi connectivity index (χ1v) is 9.61. The molecule has 1 atom stereocenters. The van der Waals surface area contributed by atoms with Crippen molar-refractivity contribution >= 4 is 22.7 Å². The molecule has 21 heavy (non-hydrogen) atoms. The summed E-state index contributed by atoms with van der Waals surface area (Å²) in [5.41, 5.74) is 0. The lowest BCUT2D eigenvalue weighted by atomic mass is 10.1. The molecule has 0 spiro atoms. The third-order valence-corrected chi connectivity index (χ3v) is 5.97. The molecule has 1 fully saturated rings. The molecule has 0 amide bonds. The number of hydrogen-bond donors (Lipinski definition) is 1. The zero-order valence-corrected chi connectivity index (χ0v) is 14.3. The van der Waals surface area contributed by atoms with E-state index >= 15 is 0 Å². The van der Waals surface area contributed by atoms with Crippen molar-refractivity contribution in [3.05, 3.63) is 44.8 Å². The minimum atomic E-state index is 0.367. The van der Waals surface area contributed by atoms with Crippen molar-refractivity contribution in [3.8, 4) is 0 Å². The van der Waals surface area contributed by atoms with Crippen LogP contribution in [-0.4, -0.2) is 31.1 Å². The van der Waals surface area contributed by atoms with Gasteiger partial charge in [-0.25, -0.2) is 0 Å². The normalized spacial score (nSPS) is 17.6. The van der Waals surface area contributed by atoms with E-state index in [9.17, 15) is 0 Å². The lowest BCUT2D eigenvalue weighted by Crippen LogP contribution is -2.33. The molecule has 0 bridgehead atoms. The van der Waals surface area contributed by atoms with Crippen molar-refractivity contribution < 1.29 is 0 Å². The number of nitrogens with one attached hydrogen (secondary N) is 1. The molecule has 0 aliphatic carbocycles. The standard InChI is InChI=1S/C17H24N2S2/c1-14(13-19-8-2-3-9-19)12-18-17(15-6-4-10-20-15)16-7-5-11-21-16/h4-7,10-11,14,17-18H,2-3,8-9,12-13H2,1H3. The molecule has 1 unspecified atom stereocenters. The maximum atomic E-state index is 3.79. The van der Waals surface area contributed by atoms with Crippen LogP contribution in [0.3, 0.4) is 0 Å². The van der Waals surface area contributed by atoms with Crippen LogP contribution >= 0.6 is 22.7 Å². The summed E-state index contributed by atoms with van der Waals surface area (Å²) in [6, 6.07) is 9.15. The number of hydrogen-bond acceptors (Lipinski definition) is 4. The highest BCUT2D eigenvalue weighted by atomic mass is 32.1. The van der Waals surface area contributed by atoms with Gasteiger partial charge in [0.1, 0.15) is 0 Å². The number of nitrogens with zero attached hydrogens (tertiary/aromatic N) is 1. The molecular weight excluding hydrogens is 296 g/mol. The van der Waals surface area contributed by atoms with Gasteiger partial charge < -0.3 is 10.2 Å². The predicted octanol–water partition coefficient (Wildman–Crippen LogP) is 4.22. The second kappa shape index (κ2) is 7.54. The van der Waals surface area contributed by atoms with Gasteiger partial charge in [-0.2, -0.15) is 0 Å². The SMILES string of the molecule is CC(CNC(c1cccs1)c1cccs1)CN1CCCC1. The van der Waals surface area contributed by atoms with Crippen molar-refractivity contribution in [2.75, 3.05) is 26.2 Å². The molecule has 4 heteroatoms. The van der Waals surface area contributed by atoms with E-state index in [1.54, 1.807) is 0 Å². The largest absolute Gasteiger partial charge is 0.305 e. The summed E-state index contributed by atoms with van der Waals surface area (Å²) in [6.45, 7) is 7.27. The minimum Gasteiger partial charge on any atom is -0.305 e. The summed E-state index contributed by atoms with van der Waals surface area (Å²) in [4.78, 5) is 5.45. The first kappa shape index (κ1) is 15.2. The van der Waals surface area contributed by atoms with Gasteiger partial charge in [-0.1, -0.05) is 19.1 Å². The highest BCUT2D eigenvalue weighted by Gasteiger charge is 2.19. The Kier molecular flexibility index (Phi) is 5.47. The third-order valence-electron chi connectivity index (χ3n) is 4.09. The second-order valence-electron chi connectivity index (χ2n) is 5.98. The van der Waals surface area contributed by atoms with Crippen LogP contribution in [0.2, 0.25) is 0 Å². The monoisotopic (exact) mass is 320 g/mol. The molecule has 3 rings (SSSR count). The fourth-order valence-corrected chi connectivity index (χ4v) is 4.75. The van der Waals surface area contributed by atoms with Crippen molar-refractivity contribution in [2.45, 2.75) is 25.8 Å². The average Bonchev–Trinajstić information content (AvgIpc) is 3.23. The third kappa shape index (κ3) is 4.16. The Morgan fingerprint density at radius 3 is 2.24 bits per heavy atom. The number of likely N-dealkylation sites (tertiary alicyclic amines) is 1. The van der Waals surface area contributed by atoms with Gasteiger partial charge in [0.05, 0.1) is 6.04 Å². The Labute approximate surface area is 135 Å². The molecule has 0 saturated carbocycles. The molecule has 2 aromatic heterocycles. The van der Waals surface area contributed by atoms with Crippen LogP contribution in [0, 0.1) is 5.92 Å². The van der Waals surface area contributed by atoms with Crippen molar-refractivity contribution in [1.29, 1.82) is 0 Å². The smallest absolute Gasteiger partial charge is 0.0764 e. The van der Waals surface area contributed by atoms with Crippen LogP contribution < -0.4 is 5.32 Å². The lowest BCUT2D eigenvalue weighted by Gasteiger charge is -2.23. The molecule has 0 radical (unpaired) electrons. The van der Waals surface area contributed by atoms with Crippen molar-refractivity contribution in [3.63, 3.8) is 0 Å². The molecule has 2 aromatic rings. The summed E-state index contributed by atoms with van der Waals surface area (Å²) in [6.07, 6.45) is 2.76. The Bertz CT molecular complexity index is 467. The molecular formula is C17H24N2S2. The summed E-state index contributed by atoms with van der Waals surface area (Å²) in [5.74, 6) is 0.700. The molecule has 1 aliphatic rings. The van der Waals surface area contributed by atoms with Crippen LogP contribution in [0.1, 0.15) is 35.6 Å². The zero-order chi connectivity index (χ0) is 14.5. The molecule has 114 valence electrons. The van der Waals surface area contributed by atoms with Gasteiger partial charge in [0, 0.05) is 16.3 Å². The summed E-state index contributed by atoms with van der Waals surface area (Å²) < 4.78 is 0. The van der Waals surface area contributed by atoms with Crippen LogP contribution in [0.25, 0.3) is 0 Å². The summed E-state index contributed by atoms with van der Waals surface area (Å²) in [5, 5.41) is 8.14. The summed E-state index contributed by atoms with van der Waals surface area (Å²) >= 11 is 3.70. The topological polar surface area (TPSA) is 15.3 Å². The van der Waals surface area contributed by atoms with Crippen LogP contribution in [0.5, 0.6) is 0 Å². The average molecular weight is 321 g/mol. The van der Waals surface area contributed by atoms with Crippen molar-refractivity contribution in [2.24, 2.45) is 5.92 Å². The maximum absolute atomic E-state index is 3.79. The van der Waals surface area contributed by atoms with Crippen molar-refractivity contribution in [1.82, 2.24) is 10.2 Å². The Balaban J connectivity index is 1.57.